The Morgan fingerprint density at radius 1 is 1.17 bits per heavy atom. The number of benzene rings is 2. The zero-order valence-corrected chi connectivity index (χ0v) is 22.4. The summed E-state index contributed by atoms with van der Waals surface area (Å²) < 4.78 is 56.5. The van der Waals surface area contributed by atoms with Crippen LogP contribution in [0.2, 0.25) is 5.02 Å². The van der Waals surface area contributed by atoms with Crippen LogP contribution >= 0.6 is 11.6 Å². The fraction of sp³-hybridized carbons (Fsp3) is 0.231. The van der Waals surface area contributed by atoms with Crippen molar-refractivity contribution >= 4 is 46.0 Å². The van der Waals surface area contributed by atoms with Gasteiger partial charge in [0.25, 0.3) is 11.5 Å². The molecule has 1 aliphatic heterocycles. The number of aromatic nitrogens is 4. The largest absolute Gasteiger partial charge is 0.382 e. The van der Waals surface area contributed by atoms with Crippen LogP contribution in [0.15, 0.2) is 41.2 Å². The van der Waals surface area contributed by atoms with Crippen LogP contribution in [0.4, 0.5) is 35.1 Å². The summed E-state index contributed by atoms with van der Waals surface area (Å²) in [6, 6.07) is 6.76. The third kappa shape index (κ3) is 4.90. The topological polar surface area (TPSA) is 160 Å². The number of likely N-dealkylation sites (N-methyl/N-ethyl adjacent to an activating group) is 1. The lowest BCUT2D eigenvalue weighted by Crippen LogP contribution is -2.42. The molecule has 1 fully saturated rings. The lowest BCUT2D eigenvalue weighted by molar-refractivity contribution is -0.143. The van der Waals surface area contributed by atoms with Crippen molar-refractivity contribution < 1.29 is 22.4 Å². The lowest BCUT2D eigenvalue weighted by Gasteiger charge is -2.28. The molecule has 1 amide bonds. The van der Waals surface area contributed by atoms with Gasteiger partial charge in [0.05, 0.1) is 33.7 Å². The van der Waals surface area contributed by atoms with Gasteiger partial charge < -0.3 is 21.3 Å². The van der Waals surface area contributed by atoms with Crippen LogP contribution in [-0.2, 0) is 4.79 Å². The molecule has 0 saturated carbocycles. The number of carbonyl (C=O) groups excluding carboxylic acids is 1. The Kier molecular flexibility index (Phi) is 7.33. The molecule has 4 N–H and O–H groups in total. The molecule has 2 aromatic heterocycles. The minimum Gasteiger partial charge on any atom is -0.382 e. The van der Waals surface area contributed by atoms with Crippen LogP contribution < -0.4 is 21.9 Å². The molecule has 0 unspecified atom stereocenters. The summed E-state index contributed by atoms with van der Waals surface area (Å²) in [5.41, 5.74) is 10.6. The minimum absolute atomic E-state index is 0.0220. The molecular weight excluding hydrogens is 582 g/mol. The van der Waals surface area contributed by atoms with E-state index in [-0.39, 0.29) is 63.6 Å². The van der Waals surface area contributed by atoms with E-state index >= 15 is 0 Å². The van der Waals surface area contributed by atoms with Gasteiger partial charge in [-0.2, -0.15) is 24.0 Å². The van der Waals surface area contributed by atoms with Crippen molar-refractivity contribution in [3.63, 3.8) is 0 Å². The predicted molar refractivity (Wildman–Crippen MR) is 145 cm³/mol. The summed E-state index contributed by atoms with van der Waals surface area (Å²) in [7, 11) is 1.18. The number of hydrogen-bond donors (Lipinski definition) is 2. The van der Waals surface area contributed by atoms with Gasteiger partial charge in [0.1, 0.15) is 34.9 Å². The van der Waals surface area contributed by atoms with Crippen molar-refractivity contribution in [2.75, 3.05) is 30.0 Å². The standard InChI is InChI=1S/C26H20ClF4N9O2/c1-38(25(42)20(30)31)14-8-18(39(10-14)22-15(9-32)21(33)36-26(34)37-22)23-35-17-4-2-3-16(27)19(17)24(41)40(23)13-6-11(28)5-12(29)7-13/h2-7,14,18,20H,8,10H2,1H3,(H4,33,34,36,37)/t14-,18+/m1/s1. The lowest BCUT2D eigenvalue weighted by atomic mass is 10.1. The Balaban J connectivity index is 1.82. The maximum atomic E-state index is 14.4. The van der Waals surface area contributed by atoms with Crippen LogP contribution in [0.5, 0.6) is 0 Å². The van der Waals surface area contributed by atoms with Crippen molar-refractivity contribution in [3.05, 3.63) is 74.8 Å². The van der Waals surface area contributed by atoms with Gasteiger partial charge in [-0.25, -0.2) is 13.8 Å². The molecule has 2 aromatic carbocycles. The average molecular weight is 602 g/mol. The maximum absolute atomic E-state index is 14.4. The first-order chi connectivity index (χ1) is 19.9. The normalized spacial score (nSPS) is 16.7. The molecule has 0 aliphatic carbocycles. The first kappa shape index (κ1) is 28.6. The number of rotatable bonds is 5. The highest BCUT2D eigenvalue weighted by molar-refractivity contribution is 6.35. The Labute approximate surface area is 239 Å². The van der Waals surface area contributed by atoms with E-state index < -0.39 is 41.6 Å². The Bertz CT molecular complexity index is 1830. The second-order valence-corrected chi connectivity index (χ2v) is 9.86. The van der Waals surface area contributed by atoms with E-state index in [1.807, 2.05) is 6.07 Å². The molecule has 11 nitrogen and oxygen atoms in total. The second kappa shape index (κ2) is 10.8. The quantitative estimate of drug-likeness (QED) is 0.327. The molecule has 216 valence electrons. The van der Waals surface area contributed by atoms with Gasteiger partial charge in [0.2, 0.25) is 5.95 Å². The van der Waals surface area contributed by atoms with Gasteiger partial charge in [-0.05, 0) is 30.7 Å². The highest BCUT2D eigenvalue weighted by atomic mass is 35.5. The van der Waals surface area contributed by atoms with Gasteiger partial charge in [-0.1, -0.05) is 17.7 Å². The van der Waals surface area contributed by atoms with E-state index in [1.165, 1.54) is 30.1 Å². The van der Waals surface area contributed by atoms with Crippen molar-refractivity contribution in [1.29, 1.82) is 5.26 Å². The van der Waals surface area contributed by atoms with Gasteiger partial charge in [0.15, 0.2) is 5.82 Å². The maximum Gasteiger partial charge on any atom is 0.315 e. The summed E-state index contributed by atoms with van der Waals surface area (Å²) in [6.45, 7) is -0.189. The molecular formula is C26H20ClF4N9O2. The highest BCUT2D eigenvalue weighted by Crippen LogP contribution is 2.40. The minimum atomic E-state index is -3.31. The Morgan fingerprint density at radius 2 is 1.86 bits per heavy atom. The third-order valence-electron chi connectivity index (χ3n) is 6.96. The van der Waals surface area contributed by atoms with Crippen LogP contribution in [-0.4, -0.2) is 56.4 Å². The van der Waals surface area contributed by atoms with Crippen molar-refractivity contribution in [1.82, 2.24) is 24.4 Å². The molecule has 0 spiro atoms. The van der Waals surface area contributed by atoms with E-state index in [0.29, 0.717) is 6.07 Å². The number of amides is 1. The van der Waals surface area contributed by atoms with Gasteiger partial charge in [-0.15, -0.1) is 0 Å². The molecule has 42 heavy (non-hydrogen) atoms. The van der Waals surface area contributed by atoms with Crippen molar-refractivity contribution in [2.24, 2.45) is 0 Å². The van der Waals surface area contributed by atoms with Gasteiger partial charge in [0, 0.05) is 19.7 Å². The third-order valence-corrected chi connectivity index (χ3v) is 7.27. The van der Waals surface area contributed by atoms with Crippen LogP contribution in [0.25, 0.3) is 16.6 Å². The van der Waals surface area contributed by atoms with Gasteiger partial charge >= 0.3 is 6.43 Å². The summed E-state index contributed by atoms with van der Waals surface area (Å²) in [5, 5.41) is 9.82. The smallest absolute Gasteiger partial charge is 0.315 e. The van der Waals surface area contributed by atoms with E-state index in [1.54, 1.807) is 0 Å². The SMILES string of the molecule is CN(C(=O)C(F)F)[C@@H]1C[C@@H](c2nc3cccc(Cl)c3c(=O)n2-c2cc(F)cc(F)c2)N(c2nc(N)nc(N)c2C#N)C1. The van der Waals surface area contributed by atoms with E-state index in [4.69, 9.17) is 23.1 Å². The fourth-order valence-corrected chi connectivity index (χ4v) is 5.30. The zero-order chi connectivity index (χ0) is 30.5. The summed E-state index contributed by atoms with van der Waals surface area (Å²) in [5.74, 6) is -4.27. The number of hydrogen-bond acceptors (Lipinski definition) is 9. The number of nitrogens with zero attached hydrogens (tertiary/aromatic N) is 7. The van der Waals surface area contributed by atoms with Crippen LogP contribution in [0.3, 0.4) is 0 Å². The number of nitriles is 1. The molecule has 0 bridgehead atoms. The summed E-state index contributed by atoms with van der Waals surface area (Å²) in [4.78, 5) is 41.0. The van der Waals surface area contributed by atoms with E-state index in [2.05, 4.69) is 15.0 Å². The number of nitrogens with two attached hydrogens (primary N) is 2. The molecule has 16 heteroatoms. The zero-order valence-electron chi connectivity index (χ0n) is 21.6. The number of anilines is 3. The van der Waals surface area contributed by atoms with Crippen LogP contribution in [0, 0.1) is 23.0 Å². The predicted octanol–water partition coefficient (Wildman–Crippen LogP) is 3.19. The molecule has 2 atom stereocenters. The first-order valence-corrected chi connectivity index (χ1v) is 12.6. The van der Waals surface area contributed by atoms with Crippen molar-refractivity contribution in [3.8, 4) is 11.8 Å². The fourth-order valence-electron chi connectivity index (χ4n) is 5.05. The second-order valence-electron chi connectivity index (χ2n) is 9.46. The van der Waals surface area contributed by atoms with E-state index in [9.17, 15) is 32.4 Å². The van der Waals surface area contributed by atoms with E-state index in [0.717, 1.165) is 21.6 Å². The average Bonchev–Trinajstić information content (AvgIpc) is 3.36. The summed E-state index contributed by atoms with van der Waals surface area (Å²) >= 11 is 6.32. The molecule has 1 aliphatic rings. The number of carbonyl (C=O) groups is 1. The van der Waals surface area contributed by atoms with Crippen LogP contribution in [0.1, 0.15) is 23.9 Å². The molecule has 0 radical (unpaired) electrons. The first-order valence-electron chi connectivity index (χ1n) is 12.2. The monoisotopic (exact) mass is 601 g/mol. The molecule has 4 aromatic rings. The number of fused-ring (bicyclic) bond motifs is 1. The Hall–Kier alpha value is -4.97. The Morgan fingerprint density at radius 3 is 2.50 bits per heavy atom. The number of nitrogen functional groups attached to an aromatic ring is 2. The highest BCUT2D eigenvalue weighted by Gasteiger charge is 2.42. The number of halogens is 5. The molecule has 1 saturated heterocycles. The van der Waals surface area contributed by atoms with Gasteiger partial charge in [-0.3, -0.25) is 14.2 Å². The summed E-state index contributed by atoms with van der Waals surface area (Å²) in [6.07, 6.45) is -3.43. The van der Waals surface area contributed by atoms with Crippen molar-refractivity contribution in [2.45, 2.75) is 24.9 Å². The molecule has 5 rings (SSSR count). The molecule has 3 heterocycles. The number of alkyl halides is 2.